The first kappa shape index (κ1) is 21.6. The molecule has 3 heterocycles. The van der Waals surface area contributed by atoms with E-state index in [-0.39, 0.29) is 5.91 Å². The van der Waals surface area contributed by atoms with Gasteiger partial charge >= 0.3 is 0 Å². The van der Waals surface area contributed by atoms with E-state index in [1.165, 1.54) is 0 Å². The number of anilines is 1. The fourth-order valence-corrected chi connectivity index (χ4v) is 4.82. The molecule has 35 heavy (non-hydrogen) atoms. The second-order valence-electron chi connectivity index (χ2n) is 8.77. The van der Waals surface area contributed by atoms with Crippen LogP contribution in [0, 0.1) is 6.92 Å². The summed E-state index contributed by atoms with van der Waals surface area (Å²) in [5.41, 5.74) is 4.27. The molecule has 5 aromatic rings. The molecule has 8 heteroatoms. The highest BCUT2D eigenvalue weighted by atomic mass is 35.5. The van der Waals surface area contributed by atoms with Crippen molar-refractivity contribution in [2.75, 3.05) is 31.1 Å². The van der Waals surface area contributed by atoms with E-state index in [9.17, 15) is 4.79 Å². The fraction of sp³-hybridized carbons (Fsp3) is 0.185. The molecule has 0 bridgehead atoms. The maximum absolute atomic E-state index is 13.1. The fourth-order valence-electron chi connectivity index (χ4n) is 4.65. The lowest BCUT2D eigenvalue weighted by Crippen LogP contribution is -2.49. The molecule has 0 N–H and O–H groups in total. The lowest BCUT2D eigenvalue weighted by molar-refractivity contribution is 0.0746. The zero-order valence-corrected chi connectivity index (χ0v) is 20.0. The van der Waals surface area contributed by atoms with Crippen LogP contribution in [0.25, 0.3) is 27.9 Å². The Balaban J connectivity index is 1.39. The number of hydrogen-bond donors (Lipinski definition) is 0. The van der Waals surface area contributed by atoms with Gasteiger partial charge in [0, 0.05) is 47.7 Å². The van der Waals surface area contributed by atoms with Gasteiger partial charge in [0.25, 0.3) is 5.91 Å². The molecule has 174 valence electrons. The van der Waals surface area contributed by atoms with Gasteiger partial charge < -0.3 is 9.80 Å². The summed E-state index contributed by atoms with van der Waals surface area (Å²) < 4.78 is 2.02. The number of fused-ring (bicyclic) bond motifs is 3. The van der Waals surface area contributed by atoms with Crippen LogP contribution in [0.15, 0.2) is 72.8 Å². The topological polar surface area (TPSA) is 66.6 Å². The average Bonchev–Trinajstić information content (AvgIpc) is 3.34. The Morgan fingerprint density at radius 2 is 1.69 bits per heavy atom. The second-order valence-corrected chi connectivity index (χ2v) is 9.21. The van der Waals surface area contributed by atoms with E-state index in [0.717, 1.165) is 45.0 Å². The number of amides is 1. The van der Waals surface area contributed by atoms with Crippen LogP contribution in [-0.2, 0) is 0 Å². The normalized spacial score (nSPS) is 14.1. The van der Waals surface area contributed by atoms with Crippen molar-refractivity contribution in [3.05, 3.63) is 88.9 Å². The largest absolute Gasteiger partial charge is 0.338 e. The number of nitrogens with zero attached hydrogens (tertiary/aromatic N) is 6. The van der Waals surface area contributed by atoms with Gasteiger partial charge in [0.05, 0.1) is 5.52 Å². The number of halogens is 1. The van der Waals surface area contributed by atoms with Crippen LogP contribution in [0.4, 0.5) is 5.95 Å². The number of hydrogen-bond acceptors (Lipinski definition) is 5. The third-order valence-corrected chi connectivity index (χ3v) is 6.67. The number of benzene rings is 3. The van der Waals surface area contributed by atoms with Crippen molar-refractivity contribution in [1.29, 1.82) is 0 Å². The Morgan fingerprint density at radius 1 is 0.886 bits per heavy atom. The molecular formula is C27H23ClN6O. The molecular weight excluding hydrogens is 460 g/mol. The minimum absolute atomic E-state index is 0.0611. The third kappa shape index (κ3) is 3.88. The number of rotatable bonds is 3. The van der Waals surface area contributed by atoms with E-state index in [2.05, 4.69) is 15.1 Å². The highest BCUT2D eigenvalue weighted by Gasteiger charge is 2.26. The molecule has 7 nitrogen and oxygen atoms in total. The standard InChI is InChI=1S/C27H23ClN6O/c1-18-6-5-9-20(16-18)26(35)32-12-14-33(15-13-32)27-29-23-17-21(28)10-11-22(23)25-31-30-24(34(25)27)19-7-3-2-4-8-19/h2-11,16-17H,12-15H2,1H3. The first-order valence-electron chi connectivity index (χ1n) is 11.6. The van der Waals surface area contributed by atoms with E-state index in [0.29, 0.717) is 31.2 Å². The minimum Gasteiger partial charge on any atom is -0.338 e. The zero-order valence-electron chi connectivity index (χ0n) is 19.2. The van der Waals surface area contributed by atoms with E-state index >= 15 is 0 Å². The number of aryl methyl sites for hydroxylation is 1. The van der Waals surface area contributed by atoms with Gasteiger partial charge in [-0.2, -0.15) is 0 Å². The highest BCUT2D eigenvalue weighted by Crippen LogP contribution is 2.30. The molecule has 6 rings (SSSR count). The molecule has 1 amide bonds. The van der Waals surface area contributed by atoms with E-state index in [1.54, 1.807) is 0 Å². The highest BCUT2D eigenvalue weighted by molar-refractivity contribution is 6.31. The van der Waals surface area contributed by atoms with Crippen molar-refractivity contribution >= 4 is 40.0 Å². The molecule has 0 saturated carbocycles. The van der Waals surface area contributed by atoms with Gasteiger partial charge in [0.15, 0.2) is 11.5 Å². The molecule has 0 aliphatic carbocycles. The number of piperazine rings is 1. The molecule has 0 radical (unpaired) electrons. The minimum atomic E-state index is 0.0611. The van der Waals surface area contributed by atoms with Crippen molar-refractivity contribution in [2.45, 2.75) is 6.92 Å². The van der Waals surface area contributed by atoms with Gasteiger partial charge in [-0.25, -0.2) is 9.38 Å². The number of carbonyl (C=O) groups is 1. The number of carbonyl (C=O) groups excluding carboxylic acids is 1. The first-order valence-corrected chi connectivity index (χ1v) is 12.0. The van der Waals surface area contributed by atoms with E-state index in [4.69, 9.17) is 16.6 Å². The second kappa shape index (κ2) is 8.67. The van der Waals surface area contributed by atoms with Gasteiger partial charge in [-0.15, -0.1) is 10.2 Å². The summed E-state index contributed by atoms with van der Waals surface area (Å²) >= 11 is 6.29. The Labute approximate surface area is 207 Å². The third-order valence-electron chi connectivity index (χ3n) is 6.43. The molecule has 1 saturated heterocycles. The molecule has 1 fully saturated rings. The zero-order chi connectivity index (χ0) is 23.9. The lowest BCUT2D eigenvalue weighted by Gasteiger charge is -2.35. The molecule has 2 aromatic heterocycles. The summed E-state index contributed by atoms with van der Waals surface area (Å²) in [7, 11) is 0. The van der Waals surface area contributed by atoms with Gasteiger partial charge in [0.1, 0.15) is 0 Å². The first-order chi connectivity index (χ1) is 17.1. The molecule has 0 atom stereocenters. The summed E-state index contributed by atoms with van der Waals surface area (Å²) in [4.78, 5) is 22.2. The average molecular weight is 483 g/mol. The van der Waals surface area contributed by atoms with Gasteiger partial charge in [-0.05, 0) is 37.3 Å². The number of aromatic nitrogens is 4. The smallest absolute Gasteiger partial charge is 0.253 e. The Hall–Kier alpha value is -3.97. The molecule has 1 aliphatic heterocycles. The van der Waals surface area contributed by atoms with E-state index in [1.807, 2.05) is 89.0 Å². The van der Waals surface area contributed by atoms with Gasteiger partial charge in [-0.1, -0.05) is 59.6 Å². The van der Waals surface area contributed by atoms with Crippen molar-refractivity contribution < 1.29 is 4.79 Å². The summed E-state index contributed by atoms with van der Waals surface area (Å²) in [6.07, 6.45) is 0. The summed E-state index contributed by atoms with van der Waals surface area (Å²) in [6.45, 7) is 4.51. The van der Waals surface area contributed by atoms with Crippen LogP contribution in [0.2, 0.25) is 5.02 Å². The van der Waals surface area contributed by atoms with Crippen LogP contribution in [0.5, 0.6) is 0 Å². The SMILES string of the molecule is Cc1cccc(C(=O)N2CCN(c3nc4cc(Cl)ccc4c4nnc(-c5ccccc5)n34)CC2)c1. The van der Waals surface area contributed by atoms with Crippen molar-refractivity contribution in [1.82, 2.24) is 24.5 Å². The van der Waals surface area contributed by atoms with Crippen LogP contribution in [0.1, 0.15) is 15.9 Å². The van der Waals surface area contributed by atoms with Crippen LogP contribution in [-0.4, -0.2) is 56.6 Å². The Kier molecular flexibility index (Phi) is 5.34. The quantitative estimate of drug-likeness (QED) is 0.367. The van der Waals surface area contributed by atoms with Gasteiger partial charge in [-0.3, -0.25) is 4.79 Å². The van der Waals surface area contributed by atoms with E-state index < -0.39 is 0 Å². The van der Waals surface area contributed by atoms with Crippen molar-refractivity contribution in [2.24, 2.45) is 0 Å². The maximum Gasteiger partial charge on any atom is 0.253 e. The summed E-state index contributed by atoms with van der Waals surface area (Å²) in [6, 6.07) is 23.4. The monoisotopic (exact) mass is 482 g/mol. The summed E-state index contributed by atoms with van der Waals surface area (Å²) in [5, 5.41) is 10.6. The Bertz CT molecular complexity index is 1560. The molecule has 0 unspecified atom stereocenters. The molecule has 0 spiro atoms. The van der Waals surface area contributed by atoms with Crippen molar-refractivity contribution in [3.8, 4) is 11.4 Å². The maximum atomic E-state index is 13.1. The van der Waals surface area contributed by atoms with Crippen LogP contribution < -0.4 is 4.90 Å². The van der Waals surface area contributed by atoms with Crippen LogP contribution >= 0.6 is 11.6 Å². The molecule has 3 aromatic carbocycles. The van der Waals surface area contributed by atoms with Crippen molar-refractivity contribution in [3.63, 3.8) is 0 Å². The van der Waals surface area contributed by atoms with Crippen LogP contribution in [0.3, 0.4) is 0 Å². The predicted octanol–water partition coefficient (Wildman–Crippen LogP) is 4.87. The Morgan fingerprint density at radius 3 is 2.46 bits per heavy atom. The lowest BCUT2D eigenvalue weighted by atomic mass is 10.1. The molecule has 1 aliphatic rings. The van der Waals surface area contributed by atoms with Gasteiger partial charge in [0.2, 0.25) is 5.95 Å². The predicted molar refractivity (Wildman–Crippen MR) is 138 cm³/mol. The summed E-state index contributed by atoms with van der Waals surface area (Å²) in [5.74, 6) is 1.55.